The Morgan fingerprint density at radius 1 is 1.26 bits per heavy atom. The van der Waals surface area contributed by atoms with Gasteiger partial charge in [-0.15, -0.1) is 0 Å². The van der Waals surface area contributed by atoms with E-state index in [-0.39, 0.29) is 11.6 Å². The minimum Gasteiger partial charge on any atom is -0.315 e. The number of rotatable bonds is 1. The second-order valence-corrected chi connectivity index (χ2v) is 5.77. The maximum absolute atomic E-state index is 14.1. The van der Waals surface area contributed by atoms with Crippen molar-refractivity contribution in [3.63, 3.8) is 0 Å². The summed E-state index contributed by atoms with van der Waals surface area (Å²) in [5, 5.41) is 0. The van der Waals surface area contributed by atoms with Gasteiger partial charge >= 0.3 is 0 Å². The van der Waals surface area contributed by atoms with Crippen molar-refractivity contribution in [1.82, 2.24) is 4.57 Å². The van der Waals surface area contributed by atoms with Crippen molar-refractivity contribution >= 4 is 21.7 Å². The first-order valence-corrected chi connectivity index (χ1v) is 7.07. The molecule has 1 heterocycles. The maximum atomic E-state index is 14.1. The number of aryl methyl sites for hydroxylation is 1. The lowest BCUT2D eigenvalue weighted by atomic mass is 9.96. The molecule has 1 aliphatic carbocycles. The van der Waals surface area contributed by atoms with E-state index in [1.54, 1.807) is 6.07 Å². The van der Waals surface area contributed by atoms with Gasteiger partial charge in [0.2, 0.25) is 0 Å². The van der Waals surface area contributed by atoms with Gasteiger partial charge in [0.05, 0.1) is 5.69 Å². The third kappa shape index (κ3) is 2.04. The first-order valence-electron chi connectivity index (χ1n) is 6.28. The highest BCUT2D eigenvalue weighted by atomic mass is 79.9. The number of aromatic nitrogens is 1. The molecule has 0 atom stereocenters. The summed E-state index contributed by atoms with van der Waals surface area (Å²) in [6.07, 6.45) is 2.26. The molecule has 98 valence electrons. The van der Waals surface area contributed by atoms with Crippen LogP contribution in [0.2, 0.25) is 0 Å². The highest BCUT2D eigenvalue weighted by Crippen LogP contribution is 2.29. The summed E-state index contributed by atoms with van der Waals surface area (Å²) < 4.78 is 16.7. The third-order valence-corrected chi connectivity index (χ3v) is 4.05. The van der Waals surface area contributed by atoms with E-state index in [9.17, 15) is 9.18 Å². The fourth-order valence-corrected chi connectivity index (χ4v) is 3.06. The zero-order valence-corrected chi connectivity index (χ0v) is 12.1. The Balaban J connectivity index is 2.23. The second-order valence-electron chi connectivity index (χ2n) is 4.85. The zero-order valence-electron chi connectivity index (χ0n) is 10.5. The van der Waals surface area contributed by atoms with Crippen molar-refractivity contribution in [2.75, 3.05) is 0 Å². The number of halogens is 2. The normalized spacial score (nSPS) is 14.6. The van der Waals surface area contributed by atoms with Gasteiger partial charge in [-0.2, -0.15) is 0 Å². The molecule has 0 saturated carbocycles. The van der Waals surface area contributed by atoms with Crippen LogP contribution in [0.5, 0.6) is 0 Å². The Labute approximate surface area is 119 Å². The molecule has 0 spiro atoms. The van der Waals surface area contributed by atoms with Gasteiger partial charge in [-0.25, -0.2) is 4.39 Å². The largest absolute Gasteiger partial charge is 0.315 e. The van der Waals surface area contributed by atoms with Gasteiger partial charge in [0.1, 0.15) is 5.82 Å². The van der Waals surface area contributed by atoms with Gasteiger partial charge in [-0.3, -0.25) is 4.79 Å². The highest BCUT2D eigenvalue weighted by Gasteiger charge is 2.24. The molecule has 0 fully saturated rings. The summed E-state index contributed by atoms with van der Waals surface area (Å²) in [4.78, 5) is 11.9. The molecule has 0 radical (unpaired) electrons. The summed E-state index contributed by atoms with van der Waals surface area (Å²) in [6, 6.07) is 6.88. The molecule has 2 nitrogen and oxygen atoms in total. The molecular weight excluding hydrogens is 309 g/mol. The van der Waals surface area contributed by atoms with Crippen LogP contribution in [0.15, 0.2) is 28.7 Å². The van der Waals surface area contributed by atoms with E-state index in [1.807, 2.05) is 23.6 Å². The summed E-state index contributed by atoms with van der Waals surface area (Å²) in [5.41, 5.74) is 3.11. The van der Waals surface area contributed by atoms with Crippen molar-refractivity contribution < 1.29 is 9.18 Å². The summed E-state index contributed by atoms with van der Waals surface area (Å²) >= 11 is 3.26. The van der Waals surface area contributed by atoms with Crippen LogP contribution in [-0.4, -0.2) is 10.4 Å². The number of ketones is 1. The molecule has 2 aromatic rings. The Hall–Kier alpha value is -1.42. The average molecular weight is 322 g/mol. The summed E-state index contributed by atoms with van der Waals surface area (Å²) in [5.74, 6) is -0.116. The topological polar surface area (TPSA) is 22.0 Å². The lowest BCUT2D eigenvalue weighted by Gasteiger charge is -2.16. The Morgan fingerprint density at radius 2 is 2.05 bits per heavy atom. The lowest BCUT2D eigenvalue weighted by molar-refractivity contribution is 0.0972. The molecular formula is C15H13BrFNO. The van der Waals surface area contributed by atoms with Crippen molar-refractivity contribution in [3.05, 3.63) is 51.5 Å². The molecule has 3 rings (SSSR count). The van der Waals surface area contributed by atoms with Crippen LogP contribution < -0.4 is 0 Å². The van der Waals surface area contributed by atoms with E-state index in [4.69, 9.17) is 0 Å². The number of Topliss-reactive ketones (excluding diaryl/α,β-unsaturated/α-hetero) is 1. The SMILES string of the molecule is Cc1cc2c(n1-c1ccc(Br)cc1F)CCCC2=O. The van der Waals surface area contributed by atoms with Crippen molar-refractivity contribution in [3.8, 4) is 5.69 Å². The van der Waals surface area contributed by atoms with Crippen LogP contribution in [0.3, 0.4) is 0 Å². The predicted octanol–water partition coefficient (Wildman–Crippen LogP) is 4.21. The van der Waals surface area contributed by atoms with Crippen LogP contribution in [0.25, 0.3) is 5.69 Å². The van der Waals surface area contributed by atoms with Crippen LogP contribution in [0.1, 0.15) is 34.6 Å². The van der Waals surface area contributed by atoms with E-state index in [1.165, 1.54) is 6.07 Å². The third-order valence-electron chi connectivity index (χ3n) is 3.56. The summed E-state index contributed by atoms with van der Waals surface area (Å²) in [6.45, 7) is 1.91. The van der Waals surface area contributed by atoms with Crippen molar-refractivity contribution in [2.45, 2.75) is 26.2 Å². The number of benzene rings is 1. The Morgan fingerprint density at radius 3 is 2.79 bits per heavy atom. The van der Waals surface area contributed by atoms with Gasteiger partial charge in [-0.05, 0) is 44.0 Å². The van der Waals surface area contributed by atoms with Gasteiger partial charge in [0.25, 0.3) is 0 Å². The molecule has 1 aromatic carbocycles. The molecule has 0 saturated heterocycles. The smallest absolute Gasteiger partial charge is 0.164 e. The standard InChI is InChI=1S/C15H13BrFNO/c1-9-7-11-13(3-2-4-15(11)19)18(9)14-6-5-10(16)8-12(14)17/h5-8H,2-4H2,1H3. The number of carbonyl (C=O) groups is 1. The number of nitrogens with zero attached hydrogens (tertiary/aromatic N) is 1. The van der Waals surface area contributed by atoms with Gasteiger partial charge in [-0.1, -0.05) is 15.9 Å². The van der Waals surface area contributed by atoms with E-state index >= 15 is 0 Å². The lowest BCUT2D eigenvalue weighted by Crippen LogP contribution is -2.13. The van der Waals surface area contributed by atoms with Crippen LogP contribution in [0, 0.1) is 12.7 Å². The number of fused-ring (bicyclic) bond motifs is 1. The molecule has 0 bridgehead atoms. The molecule has 1 aliphatic rings. The summed E-state index contributed by atoms with van der Waals surface area (Å²) in [7, 11) is 0. The molecule has 4 heteroatoms. The van der Waals surface area contributed by atoms with Crippen LogP contribution in [0.4, 0.5) is 4.39 Å². The minimum atomic E-state index is -0.283. The number of hydrogen-bond donors (Lipinski definition) is 0. The number of carbonyl (C=O) groups excluding carboxylic acids is 1. The molecule has 0 N–H and O–H groups in total. The van der Waals surface area contributed by atoms with Gasteiger partial charge in [0, 0.05) is 27.8 Å². The average Bonchev–Trinajstić information content (AvgIpc) is 2.68. The molecule has 1 aromatic heterocycles. The highest BCUT2D eigenvalue weighted by molar-refractivity contribution is 9.10. The molecule has 0 aliphatic heterocycles. The van der Waals surface area contributed by atoms with Crippen molar-refractivity contribution in [2.24, 2.45) is 0 Å². The van der Waals surface area contributed by atoms with Crippen LogP contribution in [-0.2, 0) is 6.42 Å². The minimum absolute atomic E-state index is 0.167. The van der Waals surface area contributed by atoms with Gasteiger partial charge < -0.3 is 4.57 Å². The first-order chi connectivity index (χ1) is 9.08. The fourth-order valence-electron chi connectivity index (χ4n) is 2.73. The molecule has 0 amide bonds. The predicted molar refractivity (Wildman–Crippen MR) is 75.4 cm³/mol. The Kier molecular flexibility index (Phi) is 3.05. The van der Waals surface area contributed by atoms with E-state index in [0.29, 0.717) is 16.6 Å². The molecule has 19 heavy (non-hydrogen) atoms. The van der Waals surface area contributed by atoms with Crippen molar-refractivity contribution in [1.29, 1.82) is 0 Å². The maximum Gasteiger partial charge on any atom is 0.164 e. The zero-order chi connectivity index (χ0) is 13.6. The van der Waals surface area contributed by atoms with E-state index < -0.39 is 0 Å². The monoisotopic (exact) mass is 321 g/mol. The van der Waals surface area contributed by atoms with Crippen LogP contribution >= 0.6 is 15.9 Å². The number of hydrogen-bond acceptors (Lipinski definition) is 1. The Bertz CT molecular complexity index is 675. The second kappa shape index (κ2) is 4.60. The fraction of sp³-hybridized carbons (Fsp3) is 0.267. The van der Waals surface area contributed by atoms with E-state index in [2.05, 4.69) is 15.9 Å². The van der Waals surface area contributed by atoms with Gasteiger partial charge in [0.15, 0.2) is 5.78 Å². The molecule has 0 unspecified atom stereocenters. The van der Waals surface area contributed by atoms with E-state index in [0.717, 1.165) is 29.8 Å². The quantitative estimate of drug-likeness (QED) is 0.771. The first kappa shape index (κ1) is 12.6.